The maximum absolute atomic E-state index is 5.98. The highest BCUT2D eigenvalue weighted by Gasteiger charge is 2.26. The van der Waals surface area contributed by atoms with Gasteiger partial charge in [-0.15, -0.1) is 0 Å². The fraction of sp³-hybridized carbons (Fsp3) is 1.00. The van der Waals surface area contributed by atoms with E-state index in [1.807, 2.05) is 0 Å². The lowest BCUT2D eigenvalue weighted by molar-refractivity contribution is 0.0679. The Hall–Kier alpha value is 0.354. The van der Waals surface area contributed by atoms with E-state index in [0.717, 1.165) is 0 Å². The molecule has 14 heavy (non-hydrogen) atoms. The van der Waals surface area contributed by atoms with Crippen LogP contribution in [-0.4, -0.2) is 28.8 Å². The van der Waals surface area contributed by atoms with Gasteiger partial charge >= 0.3 is 0 Å². The first-order chi connectivity index (χ1) is 6.01. The lowest BCUT2D eigenvalue weighted by Gasteiger charge is -2.32. The van der Waals surface area contributed by atoms with Crippen LogP contribution in [0.2, 0.25) is 39.3 Å². The van der Waals surface area contributed by atoms with Gasteiger partial charge in [0.1, 0.15) is 0 Å². The van der Waals surface area contributed by atoms with E-state index in [4.69, 9.17) is 8.85 Å². The van der Waals surface area contributed by atoms with Crippen LogP contribution in [0.25, 0.3) is 0 Å². The lowest BCUT2D eigenvalue weighted by atomic mass is 10.3. The van der Waals surface area contributed by atoms with Crippen molar-refractivity contribution in [2.24, 2.45) is 0 Å². The fourth-order valence-electron chi connectivity index (χ4n) is 1.31. The Balaban J connectivity index is 4.07. The normalized spacial score (nSPS) is 18.0. The van der Waals surface area contributed by atoms with Crippen LogP contribution in [0.5, 0.6) is 0 Å². The molecular weight excluding hydrogens is 208 g/mol. The minimum atomic E-state index is -1.42. The quantitative estimate of drug-likeness (QED) is 0.678. The molecule has 0 aliphatic carbocycles. The van der Waals surface area contributed by atoms with E-state index in [1.54, 1.807) is 0 Å². The Morgan fingerprint density at radius 2 is 0.857 bits per heavy atom. The molecular formula is C10H26O2Si2. The van der Waals surface area contributed by atoms with Crippen molar-refractivity contribution in [1.82, 2.24) is 0 Å². The first-order valence-electron chi connectivity index (χ1n) is 5.37. The van der Waals surface area contributed by atoms with Gasteiger partial charge in [0.25, 0.3) is 0 Å². The van der Waals surface area contributed by atoms with Gasteiger partial charge in [0.05, 0.1) is 12.2 Å². The molecule has 0 unspecified atom stereocenters. The molecule has 0 radical (unpaired) electrons. The van der Waals surface area contributed by atoms with E-state index < -0.39 is 16.6 Å². The van der Waals surface area contributed by atoms with Crippen LogP contribution in [-0.2, 0) is 8.85 Å². The predicted octanol–water partition coefficient (Wildman–Crippen LogP) is 3.47. The minimum Gasteiger partial charge on any atom is -0.412 e. The maximum atomic E-state index is 5.98. The third-order valence-corrected chi connectivity index (χ3v) is 3.90. The largest absolute Gasteiger partial charge is 0.412 e. The van der Waals surface area contributed by atoms with E-state index in [1.165, 1.54) is 0 Å². The Morgan fingerprint density at radius 3 is 1.00 bits per heavy atom. The van der Waals surface area contributed by atoms with E-state index in [-0.39, 0.29) is 12.2 Å². The monoisotopic (exact) mass is 234 g/mol. The van der Waals surface area contributed by atoms with Gasteiger partial charge in [-0.05, 0) is 53.1 Å². The van der Waals surface area contributed by atoms with Crippen LogP contribution in [0.4, 0.5) is 0 Å². The summed E-state index contributed by atoms with van der Waals surface area (Å²) in [5.41, 5.74) is 0. The maximum Gasteiger partial charge on any atom is 0.184 e. The highest BCUT2D eigenvalue weighted by molar-refractivity contribution is 6.70. The second-order valence-electron chi connectivity index (χ2n) is 5.87. The number of hydrogen-bond donors (Lipinski definition) is 0. The molecule has 0 amide bonds. The molecule has 0 aromatic carbocycles. The highest BCUT2D eigenvalue weighted by atomic mass is 28.4. The van der Waals surface area contributed by atoms with Gasteiger partial charge in [-0.3, -0.25) is 0 Å². The topological polar surface area (TPSA) is 18.5 Å². The number of hydrogen-bond acceptors (Lipinski definition) is 2. The molecule has 0 bridgehead atoms. The average molecular weight is 234 g/mol. The molecule has 2 nitrogen and oxygen atoms in total. The molecule has 0 spiro atoms. The summed E-state index contributed by atoms with van der Waals surface area (Å²) in [4.78, 5) is 0. The molecule has 0 fully saturated rings. The summed E-state index contributed by atoms with van der Waals surface area (Å²) < 4.78 is 12.0. The van der Waals surface area contributed by atoms with Crippen molar-refractivity contribution in [3.63, 3.8) is 0 Å². The molecule has 0 aliphatic rings. The predicted molar refractivity (Wildman–Crippen MR) is 67.8 cm³/mol. The van der Waals surface area contributed by atoms with Crippen LogP contribution in [0.3, 0.4) is 0 Å². The fourth-order valence-corrected chi connectivity index (χ4v) is 3.92. The van der Waals surface area contributed by atoms with Crippen LogP contribution < -0.4 is 0 Å². The first kappa shape index (κ1) is 14.4. The summed E-state index contributed by atoms with van der Waals surface area (Å²) in [6, 6.07) is 0. The summed E-state index contributed by atoms with van der Waals surface area (Å²) in [6.07, 6.45) is 0.432. The van der Waals surface area contributed by atoms with Crippen molar-refractivity contribution >= 4 is 16.6 Å². The van der Waals surface area contributed by atoms with Crippen LogP contribution in [0, 0.1) is 0 Å². The molecule has 0 N–H and O–H groups in total. The van der Waals surface area contributed by atoms with E-state index in [9.17, 15) is 0 Å². The summed E-state index contributed by atoms with van der Waals surface area (Å²) in [5.74, 6) is 0. The van der Waals surface area contributed by atoms with Gasteiger partial charge in [-0.2, -0.15) is 0 Å². The second kappa shape index (κ2) is 4.92. The molecule has 2 atom stereocenters. The molecule has 0 aliphatic heterocycles. The van der Waals surface area contributed by atoms with Crippen molar-refractivity contribution in [2.45, 2.75) is 65.3 Å². The minimum absolute atomic E-state index is 0.216. The van der Waals surface area contributed by atoms with Gasteiger partial charge in [-0.25, -0.2) is 0 Å². The molecule has 0 saturated heterocycles. The third-order valence-electron chi connectivity index (χ3n) is 1.74. The zero-order valence-electron chi connectivity index (χ0n) is 11.0. The summed E-state index contributed by atoms with van der Waals surface area (Å²) in [5, 5.41) is 0. The molecule has 0 saturated carbocycles. The standard InChI is InChI=1S/C10H26O2Si2/c1-9(11-13(3,4)5)10(2)12-14(6,7)8/h9-10H,1-8H3/t9-,10+. The van der Waals surface area contributed by atoms with Gasteiger partial charge in [-0.1, -0.05) is 0 Å². The zero-order valence-corrected chi connectivity index (χ0v) is 13.0. The van der Waals surface area contributed by atoms with Crippen LogP contribution in [0.15, 0.2) is 0 Å². The van der Waals surface area contributed by atoms with Crippen LogP contribution >= 0.6 is 0 Å². The average Bonchev–Trinajstić information content (AvgIpc) is 1.78. The van der Waals surface area contributed by atoms with E-state index in [0.29, 0.717) is 0 Å². The van der Waals surface area contributed by atoms with E-state index in [2.05, 4.69) is 53.1 Å². The molecule has 0 aromatic rings. The highest BCUT2D eigenvalue weighted by Crippen LogP contribution is 2.15. The second-order valence-corrected chi connectivity index (χ2v) is 14.8. The lowest BCUT2D eigenvalue weighted by Crippen LogP contribution is -2.41. The smallest absolute Gasteiger partial charge is 0.184 e. The number of rotatable bonds is 5. The SMILES string of the molecule is C[C@H](O[Si](C)(C)C)[C@@H](C)O[Si](C)(C)C. The van der Waals surface area contributed by atoms with Crippen molar-refractivity contribution in [1.29, 1.82) is 0 Å². The Bertz CT molecular complexity index is 150. The summed E-state index contributed by atoms with van der Waals surface area (Å²) in [6.45, 7) is 17.5. The molecule has 86 valence electrons. The van der Waals surface area contributed by atoms with Crippen molar-refractivity contribution in [3.05, 3.63) is 0 Å². The Morgan fingerprint density at radius 1 is 0.643 bits per heavy atom. The summed E-state index contributed by atoms with van der Waals surface area (Å²) in [7, 11) is -2.85. The van der Waals surface area contributed by atoms with E-state index >= 15 is 0 Å². The Labute approximate surface area is 91.3 Å². The van der Waals surface area contributed by atoms with Gasteiger partial charge in [0, 0.05) is 0 Å². The van der Waals surface area contributed by atoms with Gasteiger partial charge < -0.3 is 8.85 Å². The van der Waals surface area contributed by atoms with Crippen LogP contribution in [0.1, 0.15) is 13.8 Å². The molecule has 0 aromatic heterocycles. The molecule has 4 heteroatoms. The van der Waals surface area contributed by atoms with Crippen molar-refractivity contribution in [3.8, 4) is 0 Å². The van der Waals surface area contributed by atoms with Gasteiger partial charge in [0.15, 0.2) is 16.6 Å². The molecule has 0 heterocycles. The summed E-state index contributed by atoms with van der Waals surface area (Å²) >= 11 is 0. The van der Waals surface area contributed by atoms with Crippen molar-refractivity contribution < 1.29 is 8.85 Å². The van der Waals surface area contributed by atoms with Gasteiger partial charge in [0.2, 0.25) is 0 Å². The zero-order chi connectivity index (χ0) is 11.6. The third kappa shape index (κ3) is 7.73. The molecule has 0 rings (SSSR count). The van der Waals surface area contributed by atoms with Crippen molar-refractivity contribution in [2.75, 3.05) is 0 Å². The Kier molecular flexibility index (Phi) is 5.04. The first-order valence-corrected chi connectivity index (χ1v) is 12.2.